The Morgan fingerprint density at radius 2 is 1.79 bits per heavy atom. The second-order valence-corrected chi connectivity index (χ2v) is 5.65. The molecule has 1 N–H and O–H groups in total. The van der Waals surface area contributed by atoms with Crippen molar-refractivity contribution in [3.8, 4) is 0 Å². The third-order valence-corrected chi connectivity index (χ3v) is 4.01. The molecule has 1 aliphatic carbocycles. The van der Waals surface area contributed by atoms with E-state index >= 15 is 0 Å². The zero-order valence-electron chi connectivity index (χ0n) is 10.1. The van der Waals surface area contributed by atoms with E-state index in [1.165, 1.54) is 6.07 Å². The van der Waals surface area contributed by atoms with E-state index in [-0.39, 0.29) is 6.42 Å². The van der Waals surface area contributed by atoms with Gasteiger partial charge in [0.15, 0.2) is 0 Å². The van der Waals surface area contributed by atoms with E-state index < -0.39 is 18.1 Å². The fourth-order valence-corrected chi connectivity index (χ4v) is 2.96. The molecular weight excluding hydrogens is 298 g/mol. The van der Waals surface area contributed by atoms with Crippen LogP contribution in [0.3, 0.4) is 0 Å². The lowest BCUT2D eigenvalue weighted by molar-refractivity contribution is -0.184. The predicted octanol–water partition coefficient (Wildman–Crippen LogP) is 5.53. The average molecular weight is 312 g/mol. The van der Waals surface area contributed by atoms with Crippen molar-refractivity contribution in [3.63, 3.8) is 0 Å². The van der Waals surface area contributed by atoms with Gasteiger partial charge in [-0.05, 0) is 31.0 Å². The van der Waals surface area contributed by atoms with E-state index in [4.69, 9.17) is 23.2 Å². The van der Waals surface area contributed by atoms with Crippen LogP contribution < -0.4 is 5.32 Å². The minimum Gasteiger partial charge on any atom is -0.380 e. The standard InChI is InChI=1S/C13H14Cl2F3N/c14-8-5-6-12(10(15)7-8)19-11-4-2-1-3-9(11)13(16,17)18/h5-7,9,11,19H,1-4H2. The maximum atomic E-state index is 13.0. The maximum absolute atomic E-state index is 13.0. The molecule has 1 aliphatic rings. The molecule has 0 radical (unpaired) electrons. The summed E-state index contributed by atoms with van der Waals surface area (Å²) < 4.78 is 38.9. The van der Waals surface area contributed by atoms with Gasteiger partial charge in [0.25, 0.3) is 0 Å². The minimum absolute atomic E-state index is 0.173. The monoisotopic (exact) mass is 311 g/mol. The Morgan fingerprint density at radius 3 is 2.42 bits per heavy atom. The zero-order chi connectivity index (χ0) is 14.0. The van der Waals surface area contributed by atoms with E-state index in [2.05, 4.69) is 5.32 Å². The summed E-state index contributed by atoms with van der Waals surface area (Å²) >= 11 is 11.8. The summed E-state index contributed by atoms with van der Waals surface area (Å²) in [5, 5.41) is 3.73. The molecule has 19 heavy (non-hydrogen) atoms. The van der Waals surface area contributed by atoms with Crippen LogP contribution in [0.2, 0.25) is 10.0 Å². The zero-order valence-corrected chi connectivity index (χ0v) is 11.6. The molecule has 0 heterocycles. The molecule has 0 saturated heterocycles. The van der Waals surface area contributed by atoms with Gasteiger partial charge in [-0.2, -0.15) is 13.2 Å². The van der Waals surface area contributed by atoms with Crippen molar-refractivity contribution in [3.05, 3.63) is 28.2 Å². The van der Waals surface area contributed by atoms with Crippen molar-refractivity contribution >= 4 is 28.9 Å². The lowest BCUT2D eigenvalue weighted by Gasteiger charge is -2.34. The van der Waals surface area contributed by atoms with Gasteiger partial charge in [0, 0.05) is 11.1 Å². The fourth-order valence-electron chi connectivity index (χ4n) is 2.50. The molecule has 2 rings (SSSR count). The molecule has 6 heteroatoms. The van der Waals surface area contributed by atoms with Gasteiger partial charge < -0.3 is 5.32 Å². The first-order valence-electron chi connectivity index (χ1n) is 6.16. The summed E-state index contributed by atoms with van der Waals surface area (Å²) in [5.41, 5.74) is 0.507. The molecule has 0 aliphatic heterocycles. The number of alkyl halides is 3. The van der Waals surface area contributed by atoms with Crippen LogP contribution in [0.25, 0.3) is 0 Å². The van der Waals surface area contributed by atoms with E-state index in [9.17, 15) is 13.2 Å². The second kappa shape index (κ2) is 5.80. The smallest absolute Gasteiger partial charge is 0.380 e. The first kappa shape index (κ1) is 14.8. The summed E-state index contributed by atoms with van der Waals surface area (Å²) in [6.45, 7) is 0. The van der Waals surface area contributed by atoms with Gasteiger partial charge in [-0.3, -0.25) is 0 Å². The lowest BCUT2D eigenvalue weighted by atomic mass is 9.84. The third kappa shape index (κ3) is 3.69. The van der Waals surface area contributed by atoms with Gasteiger partial charge in [0.1, 0.15) is 0 Å². The highest BCUT2D eigenvalue weighted by Crippen LogP contribution is 2.39. The molecule has 1 nitrogen and oxygen atoms in total. The van der Waals surface area contributed by atoms with E-state index in [0.717, 1.165) is 6.42 Å². The number of benzene rings is 1. The molecule has 0 aromatic heterocycles. The maximum Gasteiger partial charge on any atom is 0.393 e. The third-order valence-electron chi connectivity index (χ3n) is 3.46. The van der Waals surface area contributed by atoms with Gasteiger partial charge in [-0.25, -0.2) is 0 Å². The van der Waals surface area contributed by atoms with Gasteiger partial charge >= 0.3 is 6.18 Å². The lowest BCUT2D eigenvalue weighted by Crippen LogP contribution is -2.41. The van der Waals surface area contributed by atoms with Crippen LogP contribution >= 0.6 is 23.2 Å². The first-order chi connectivity index (χ1) is 8.88. The second-order valence-electron chi connectivity index (χ2n) is 4.81. The van der Waals surface area contributed by atoms with E-state index in [0.29, 0.717) is 28.6 Å². The summed E-state index contributed by atoms with van der Waals surface area (Å²) in [7, 11) is 0. The van der Waals surface area contributed by atoms with Crippen molar-refractivity contribution in [2.45, 2.75) is 37.9 Å². The van der Waals surface area contributed by atoms with Crippen molar-refractivity contribution in [2.75, 3.05) is 5.32 Å². The van der Waals surface area contributed by atoms with Crippen LogP contribution in [0.1, 0.15) is 25.7 Å². The molecule has 0 bridgehead atoms. The number of nitrogens with one attached hydrogen (secondary N) is 1. The van der Waals surface area contributed by atoms with Crippen molar-refractivity contribution in [1.29, 1.82) is 0 Å². The molecule has 106 valence electrons. The Hall–Kier alpha value is -0.610. The molecule has 1 aromatic rings. The molecule has 2 atom stereocenters. The Bertz CT molecular complexity index is 448. The number of hydrogen-bond acceptors (Lipinski definition) is 1. The highest BCUT2D eigenvalue weighted by molar-refractivity contribution is 6.36. The highest BCUT2D eigenvalue weighted by Gasteiger charge is 2.45. The molecule has 2 unspecified atom stereocenters. The van der Waals surface area contributed by atoms with E-state index in [1.807, 2.05) is 0 Å². The molecule has 0 spiro atoms. The quantitative estimate of drug-likeness (QED) is 0.757. The van der Waals surface area contributed by atoms with Crippen LogP contribution in [-0.4, -0.2) is 12.2 Å². The van der Waals surface area contributed by atoms with Crippen molar-refractivity contribution in [1.82, 2.24) is 0 Å². The predicted molar refractivity (Wildman–Crippen MR) is 71.9 cm³/mol. The summed E-state index contributed by atoms with van der Waals surface area (Å²) in [4.78, 5) is 0. The van der Waals surface area contributed by atoms with Crippen molar-refractivity contribution in [2.24, 2.45) is 5.92 Å². The van der Waals surface area contributed by atoms with Crippen LogP contribution in [-0.2, 0) is 0 Å². The van der Waals surface area contributed by atoms with Gasteiger partial charge in [-0.1, -0.05) is 36.0 Å². The summed E-state index contributed by atoms with van der Waals surface area (Å²) in [6.07, 6.45) is -2.07. The Labute approximate surface area is 120 Å². The average Bonchev–Trinajstić information content (AvgIpc) is 2.32. The molecule has 0 amide bonds. The Morgan fingerprint density at radius 1 is 1.11 bits per heavy atom. The Balaban J connectivity index is 2.15. The largest absolute Gasteiger partial charge is 0.393 e. The van der Waals surface area contributed by atoms with Gasteiger partial charge in [0.2, 0.25) is 0 Å². The molecule has 1 aromatic carbocycles. The van der Waals surface area contributed by atoms with Crippen LogP contribution in [0.4, 0.5) is 18.9 Å². The molecule has 1 saturated carbocycles. The topological polar surface area (TPSA) is 12.0 Å². The van der Waals surface area contributed by atoms with Gasteiger partial charge in [0.05, 0.1) is 16.6 Å². The highest BCUT2D eigenvalue weighted by atomic mass is 35.5. The van der Waals surface area contributed by atoms with Crippen LogP contribution in [0, 0.1) is 5.92 Å². The number of anilines is 1. The number of rotatable bonds is 2. The SMILES string of the molecule is FC(F)(F)C1CCCCC1Nc1ccc(Cl)cc1Cl. The van der Waals surface area contributed by atoms with E-state index in [1.54, 1.807) is 12.1 Å². The summed E-state index contributed by atoms with van der Waals surface area (Å²) in [5.74, 6) is -1.31. The number of hydrogen-bond donors (Lipinski definition) is 1. The molecular formula is C13H14Cl2F3N. The normalized spacial score (nSPS) is 24.3. The first-order valence-corrected chi connectivity index (χ1v) is 6.92. The molecule has 1 fully saturated rings. The van der Waals surface area contributed by atoms with Crippen LogP contribution in [0.5, 0.6) is 0 Å². The number of halogens is 5. The Kier molecular flexibility index (Phi) is 4.51. The van der Waals surface area contributed by atoms with Gasteiger partial charge in [-0.15, -0.1) is 0 Å². The summed E-state index contributed by atoms with van der Waals surface area (Å²) in [6, 6.07) is 4.14. The fraction of sp³-hybridized carbons (Fsp3) is 0.538. The minimum atomic E-state index is -4.17. The van der Waals surface area contributed by atoms with Crippen LogP contribution in [0.15, 0.2) is 18.2 Å². The van der Waals surface area contributed by atoms with Crippen molar-refractivity contribution < 1.29 is 13.2 Å².